The molecule has 0 bridgehead atoms. The molecule has 0 spiro atoms. The van der Waals surface area contributed by atoms with Gasteiger partial charge in [0.15, 0.2) is 5.82 Å². The molecule has 158 valence electrons. The van der Waals surface area contributed by atoms with E-state index in [1.807, 2.05) is 31.3 Å². The first-order valence-electron chi connectivity index (χ1n) is 10.1. The highest BCUT2D eigenvalue weighted by atomic mass is 32.1. The maximum atomic E-state index is 11.6. The number of aryl methyl sites for hydroxylation is 1. The van der Waals surface area contributed by atoms with Gasteiger partial charge < -0.3 is 10.2 Å². The Balaban J connectivity index is 1.31. The highest BCUT2D eigenvalue weighted by molar-refractivity contribution is 7.06. The monoisotopic (exact) mass is 426 g/mol. The molecule has 3 aromatic heterocycles. The van der Waals surface area contributed by atoms with Crippen molar-refractivity contribution in [3.05, 3.63) is 47.2 Å². The van der Waals surface area contributed by atoms with E-state index in [0.717, 1.165) is 49.1 Å². The van der Waals surface area contributed by atoms with E-state index in [2.05, 4.69) is 42.9 Å². The summed E-state index contributed by atoms with van der Waals surface area (Å²) in [7, 11) is 0. The number of carbonyl (C=O) groups is 1. The molecule has 1 aliphatic heterocycles. The van der Waals surface area contributed by atoms with E-state index in [9.17, 15) is 4.79 Å². The van der Waals surface area contributed by atoms with Gasteiger partial charge in [-0.25, -0.2) is 14.5 Å². The molecular weight excluding hydrogens is 400 g/mol. The molecule has 1 saturated heterocycles. The normalized spacial score (nSPS) is 14.7. The van der Waals surface area contributed by atoms with Crippen LogP contribution in [0, 0.1) is 6.92 Å². The number of nitrogens with one attached hydrogen (secondary N) is 2. The zero-order valence-corrected chi connectivity index (χ0v) is 18.0. The van der Waals surface area contributed by atoms with Crippen LogP contribution in [0.4, 0.5) is 16.3 Å². The number of urea groups is 1. The molecule has 30 heavy (non-hydrogen) atoms. The minimum Gasteiger partial charge on any atom is -0.368 e. The molecule has 0 aromatic carbocycles. The van der Waals surface area contributed by atoms with Crippen LogP contribution in [-0.2, 0) is 6.54 Å². The van der Waals surface area contributed by atoms with Crippen molar-refractivity contribution in [3.63, 3.8) is 0 Å². The number of pyridine rings is 1. The summed E-state index contributed by atoms with van der Waals surface area (Å²) in [6, 6.07) is 7.78. The Morgan fingerprint density at radius 3 is 2.77 bits per heavy atom. The van der Waals surface area contributed by atoms with Crippen LogP contribution in [0.1, 0.15) is 17.5 Å². The summed E-state index contributed by atoms with van der Waals surface area (Å²) in [5.41, 5.74) is 2.19. The molecule has 4 rings (SSSR count). The predicted octanol–water partition coefficient (Wildman–Crippen LogP) is 2.50. The Bertz CT molecular complexity index is 979. The van der Waals surface area contributed by atoms with Gasteiger partial charge in [0.05, 0.1) is 11.4 Å². The minimum absolute atomic E-state index is 0.217. The Morgan fingerprint density at radius 1 is 1.23 bits per heavy atom. The lowest BCUT2D eigenvalue weighted by atomic mass is 10.2. The predicted molar refractivity (Wildman–Crippen MR) is 118 cm³/mol. The molecule has 9 nitrogen and oxygen atoms in total. The lowest BCUT2D eigenvalue weighted by molar-refractivity contribution is 0.251. The Morgan fingerprint density at radius 2 is 2.07 bits per heavy atom. The van der Waals surface area contributed by atoms with Crippen molar-refractivity contribution in [2.75, 3.05) is 42.9 Å². The minimum atomic E-state index is -0.217. The molecule has 2 N–H and O–H groups in total. The highest BCUT2D eigenvalue weighted by Gasteiger charge is 2.20. The first-order chi connectivity index (χ1) is 14.6. The largest absolute Gasteiger partial charge is 0.368 e. The zero-order chi connectivity index (χ0) is 20.9. The number of carbonyl (C=O) groups excluding carboxylic acids is 1. The van der Waals surface area contributed by atoms with E-state index in [1.165, 1.54) is 17.2 Å². The van der Waals surface area contributed by atoms with E-state index < -0.39 is 0 Å². The highest BCUT2D eigenvalue weighted by Crippen LogP contribution is 2.23. The van der Waals surface area contributed by atoms with Gasteiger partial charge in [0.25, 0.3) is 0 Å². The van der Waals surface area contributed by atoms with Crippen LogP contribution in [0.3, 0.4) is 0 Å². The number of hydrogen-bond acceptors (Lipinski definition) is 7. The number of nitrogens with zero attached hydrogens (tertiary/aromatic N) is 6. The van der Waals surface area contributed by atoms with Crippen molar-refractivity contribution in [1.82, 2.24) is 29.4 Å². The molecule has 0 radical (unpaired) electrons. The Kier molecular flexibility index (Phi) is 6.24. The topological polar surface area (TPSA) is 91.2 Å². The molecular formula is C20H26N8OS. The second kappa shape index (κ2) is 9.23. The third-order valence-electron chi connectivity index (χ3n) is 5.01. The molecule has 0 saturated carbocycles. The number of amides is 2. The molecule has 0 aliphatic carbocycles. The molecule has 3 aromatic rings. The molecule has 1 aliphatic rings. The van der Waals surface area contributed by atoms with Crippen molar-refractivity contribution in [2.45, 2.75) is 20.4 Å². The maximum absolute atomic E-state index is 11.6. The third kappa shape index (κ3) is 4.77. The van der Waals surface area contributed by atoms with Gasteiger partial charge in [-0.1, -0.05) is 0 Å². The number of piperazine rings is 1. The fourth-order valence-corrected chi connectivity index (χ4v) is 4.26. The van der Waals surface area contributed by atoms with Crippen molar-refractivity contribution in [2.24, 2.45) is 0 Å². The summed E-state index contributed by atoms with van der Waals surface area (Å²) >= 11 is 1.44. The van der Waals surface area contributed by atoms with Crippen molar-refractivity contribution in [3.8, 4) is 5.82 Å². The molecule has 0 unspecified atom stereocenters. The summed E-state index contributed by atoms with van der Waals surface area (Å²) < 4.78 is 6.10. The van der Waals surface area contributed by atoms with Crippen LogP contribution in [0.15, 0.2) is 36.7 Å². The van der Waals surface area contributed by atoms with Crippen molar-refractivity contribution < 1.29 is 4.79 Å². The standard InChI is InChI=1S/C20H26N8OS/c1-3-21-20(29)24-18-13-16(30-25-18)14-26-9-11-27(12-10-26)17-5-6-19(23-15(17)2)28-8-4-7-22-28/h4-8,13H,3,9-12,14H2,1-2H3,(H2,21,24,25,29). The summed E-state index contributed by atoms with van der Waals surface area (Å²) in [6.07, 6.45) is 3.66. The van der Waals surface area contributed by atoms with E-state index >= 15 is 0 Å². The van der Waals surface area contributed by atoms with Crippen LogP contribution in [0.2, 0.25) is 0 Å². The van der Waals surface area contributed by atoms with Crippen LogP contribution in [0.5, 0.6) is 0 Å². The second-order valence-corrected chi connectivity index (χ2v) is 8.04. The number of aromatic nitrogens is 4. The molecule has 2 amide bonds. The summed E-state index contributed by atoms with van der Waals surface area (Å²) in [5.74, 6) is 1.45. The van der Waals surface area contributed by atoms with Gasteiger partial charge in [-0.3, -0.25) is 10.2 Å². The van der Waals surface area contributed by atoms with Gasteiger partial charge in [0, 0.05) is 56.5 Å². The van der Waals surface area contributed by atoms with Gasteiger partial charge in [-0.05, 0) is 49.6 Å². The lowest BCUT2D eigenvalue weighted by Crippen LogP contribution is -2.46. The summed E-state index contributed by atoms with van der Waals surface area (Å²) in [5, 5.41) is 9.72. The number of anilines is 2. The smallest absolute Gasteiger partial charge is 0.320 e. The zero-order valence-electron chi connectivity index (χ0n) is 17.2. The quantitative estimate of drug-likeness (QED) is 0.629. The van der Waals surface area contributed by atoms with Crippen molar-refractivity contribution in [1.29, 1.82) is 0 Å². The van der Waals surface area contributed by atoms with Crippen molar-refractivity contribution >= 4 is 29.1 Å². The lowest BCUT2D eigenvalue weighted by Gasteiger charge is -2.36. The first kappa shape index (κ1) is 20.3. The third-order valence-corrected chi connectivity index (χ3v) is 5.78. The molecule has 4 heterocycles. The fourth-order valence-electron chi connectivity index (χ4n) is 3.54. The van der Waals surface area contributed by atoms with Gasteiger partial charge in [0.2, 0.25) is 0 Å². The average molecular weight is 427 g/mol. The Labute approximate surface area is 179 Å². The van der Waals surface area contributed by atoms with E-state index in [1.54, 1.807) is 10.9 Å². The van der Waals surface area contributed by atoms with E-state index in [4.69, 9.17) is 4.98 Å². The SMILES string of the molecule is CCNC(=O)Nc1cc(CN2CCN(c3ccc(-n4cccn4)nc3C)CC2)sn1. The van der Waals surface area contributed by atoms with E-state index in [-0.39, 0.29) is 6.03 Å². The van der Waals surface area contributed by atoms with Crippen LogP contribution < -0.4 is 15.5 Å². The Hall–Kier alpha value is -2.98. The molecule has 10 heteroatoms. The van der Waals surface area contributed by atoms with Gasteiger partial charge in [-0.2, -0.15) is 9.47 Å². The maximum Gasteiger partial charge on any atom is 0.320 e. The first-order valence-corrected chi connectivity index (χ1v) is 10.8. The van der Waals surface area contributed by atoms with Gasteiger partial charge in [-0.15, -0.1) is 0 Å². The summed E-state index contributed by atoms with van der Waals surface area (Å²) in [4.78, 5) is 22.3. The van der Waals surface area contributed by atoms with E-state index in [0.29, 0.717) is 12.4 Å². The molecule has 1 fully saturated rings. The number of hydrogen-bond donors (Lipinski definition) is 2. The molecule has 0 atom stereocenters. The van der Waals surface area contributed by atoms with Crippen LogP contribution >= 0.6 is 11.5 Å². The fraction of sp³-hybridized carbons (Fsp3) is 0.400. The van der Waals surface area contributed by atoms with Gasteiger partial charge >= 0.3 is 6.03 Å². The average Bonchev–Trinajstić information content (AvgIpc) is 3.41. The van der Waals surface area contributed by atoms with Crippen LogP contribution in [0.25, 0.3) is 5.82 Å². The number of rotatable bonds is 6. The second-order valence-electron chi connectivity index (χ2n) is 7.15. The van der Waals surface area contributed by atoms with Crippen LogP contribution in [-0.4, -0.2) is 62.8 Å². The van der Waals surface area contributed by atoms with Gasteiger partial charge in [0.1, 0.15) is 5.82 Å². The summed E-state index contributed by atoms with van der Waals surface area (Å²) in [6.45, 7) is 9.21.